The Labute approximate surface area is 325 Å². The summed E-state index contributed by atoms with van der Waals surface area (Å²) in [5.41, 5.74) is 14.4. The minimum absolute atomic E-state index is 0.337. The van der Waals surface area contributed by atoms with Crippen molar-refractivity contribution < 1.29 is 9.59 Å². The molecule has 4 heteroatoms. The van der Waals surface area contributed by atoms with Crippen molar-refractivity contribution in [3.05, 3.63) is 204 Å². The molecule has 0 bridgehead atoms. The lowest BCUT2D eigenvalue weighted by atomic mass is 9.97. The molecular weight excluding hydrogens is 685 g/mol. The molecule has 0 saturated carbocycles. The molecule has 1 aliphatic heterocycles. The number of hydrogen-bond donors (Lipinski definition) is 0. The van der Waals surface area contributed by atoms with E-state index in [2.05, 4.69) is 109 Å². The number of nitrogens with zero attached hydrogens (tertiary/aromatic N) is 2. The molecule has 1 aliphatic rings. The summed E-state index contributed by atoms with van der Waals surface area (Å²) in [4.78, 5) is 31.3. The molecule has 0 unspecified atom stereocenters. The van der Waals surface area contributed by atoms with Crippen LogP contribution in [-0.2, 0) is 0 Å². The summed E-state index contributed by atoms with van der Waals surface area (Å²) in [6.45, 7) is 4.26. The molecular formula is C52H36N2O2. The predicted octanol–water partition coefficient (Wildman–Crippen LogP) is 12.9. The first-order chi connectivity index (χ1) is 27.5. The predicted molar refractivity (Wildman–Crippen MR) is 230 cm³/mol. The summed E-state index contributed by atoms with van der Waals surface area (Å²) in [7, 11) is 0. The third-order valence-corrected chi connectivity index (χ3v) is 11.2. The van der Waals surface area contributed by atoms with Crippen LogP contribution in [0.25, 0.3) is 72.0 Å². The van der Waals surface area contributed by atoms with Crippen molar-refractivity contribution in [1.82, 2.24) is 4.57 Å². The molecule has 0 saturated heterocycles. The standard InChI is InChI=1S/C52H36N2O2/c1-33-14-9-11-20-40(33)38-25-28-43-44-29-26-39(41-21-12-10-15-34(41)2)32-49(44)53(48(43)31-38)46-23-13-22-45-50(46)52(56)54(51(45)55)47-30-37(35-16-5-3-6-17-35)24-27-42(47)36-18-7-4-8-19-36/h3-32H,1-2H3. The maximum Gasteiger partial charge on any atom is 0.268 e. The van der Waals surface area contributed by atoms with Crippen LogP contribution in [-0.4, -0.2) is 16.4 Å². The molecule has 0 aliphatic carbocycles. The average molecular weight is 721 g/mol. The number of rotatable bonds is 6. The Hall–Kier alpha value is -7.30. The van der Waals surface area contributed by atoms with E-state index in [0.717, 1.165) is 66.3 Å². The second-order valence-corrected chi connectivity index (χ2v) is 14.5. The summed E-state index contributed by atoms with van der Waals surface area (Å²) < 4.78 is 2.19. The highest BCUT2D eigenvalue weighted by Gasteiger charge is 2.40. The minimum Gasteiger partial charge on any atom is -0.308 e. The van der Waals surface area contributed by atoms with Crippen molar-refractivity contribution in [2.24, 2.45) is 0 Å². The summed E-state index contributed by atoms with van der Waals surface area (Å²) in [5.74, 6) is -0.681. The Bertz CT molecular complexity index is 2930. The Balaban J connectivity index is 1.22. The van der Waals surface area contributed by atoms with Crippen molar-refractivity contribution in [3.8, 4) is 50.2 Å². The first-order valence-electron chi connectivity index (χ1n) is 18.9. The van der Waals surface area contributed by atoms with Crippen LogP contribution in [0.2, 0.25) is 0 Å². The maximum atomic E-state index is 15.2. The number of fused-ring (bicyclic) bond motifs is 4. The number of anilines is 1. The molecule has 56 heavy (non-hydrogen) atoms. The van der Waals surface area contributed by atoms with Crippen molar-refractivity contribution in [2.45, 2.75) is 13.8 Å². The highest BCUT2D eigenvalue weighted by Crippen LogP contribution is 2.43. The number of aryl methyl sites for hydroxylation is 2. The Morgan fingerprint density at radius 2 is 0.875 bits per heavy atom. The van der Waals surface area contributed by atoms with Gasteiger partial charge in [-0.15, -0.1) is 0 Å². The molecule has 9 aromatic rings. The van der Waals surface area contributed by atoms with Crippen LogP contribution in [0.5, 0.6) is 0 Å². The van der Waals surface area contributed by atoms with Crippen molar-refractivity contribution in [1.29, 1.82) is 0 Å². The van der Waals surface area contributed by atoms with E-state index in [1.54, 1.807) is 6.07 Å². The average Bonchev–Trinajstić information content (AvgIpc) is 3.70. The molecule has 0 fully saturated rings. The van der Waals surface area contributed by atoms with Crippen LogP contribution in [0.1, 0.15) is 31.8 Å². The topological polar surface area (TPSA) is 42.3 Å². The zero-order chi connectivity index (χ0) is 37.9. The molecule has 1 aromatic heterocycles. The van der Waals surface area contributed by atoms with Crippen molar-refractivity contribution in [2.75, 3.05) is 4.90 Å². The van der Waals surface area contributed by atoms with Crippen LogP contribution in [0.15, 0.2) is 182 Å². The van der Waals surface area contributed by atoms with Gasteiger partial charge in [0.15, 0.2) is 0 Å². The van der Waals surface area contributed by atoms with Crippen LogP contribution in [0, 0.1) is 13.8 Å². The maximum absolute atomic E-state index is 15.2. The Kier molecular flexibility index (Phi) is 7.86. The van der Waals surface area contributed by atoms with Gasteiger partial charge < -0.3 is 4.57 Å². The van der Waals surface area contributed by atoms with Gasteiger partial charge >= 0.3 is 0 Å². The van der Waals surface area contributed by atoms with E-state index in [0.29, 0.717) is 22.5 Å². The molecule has 4 nitrogen and oxygen atoms in total. The smallest absolute Gasteiger partial charge is 0.268 e. The van der Waals surface area contributed by atoms with Crippen LogP contribution in [0.4, 0.5) is 5.69 Å². The number of carbonyl (C=O) groups excluding carboxylic acids is 2. The summed E-state index contributed by atoms with van der Waals surface area (Å²) in [6.07, 6.45) is 0. The first kappa shape index (κ1) is 33.3. The fraction of sp³-hybridized carbons (Fsp3) is 0.0385. The number of aromatic nitrogens is 1. The van der Waals surface area contributed by atoms with Gasteiger partial charge in [-0.25, -0.2) is 4.90 Å². The van der Waals surface area contributed by atoms with E-state index >= 15 is 4.79 Å². The molecule has 2 amide bonds. The van der Waals surface area contributed by atoms with Crippen LogP contribution in [0.3, 0.4) is 0 Å². The van der Waals surface area contributed by atoms with Gasteiger partial charge in [0.25, 0.3) is 11.8 Å². The van der Waals surface area contributed by atoms with Gasteiger partial charge in [0.2, 0.25) is 0 Å². The molecule has 2 heterocycles. The molecule has 0 spiro atoms. The van der Waals surface area contributed by atoms with Gasteiger partial charge in [0, 0.05) is 16.3 Å². The van der Waals surface area contributed by atoms with E-state index in [1.807, 2.05) is 84.9 Å². The van der Waals surface area contributed by atoms with E-state index in [1.165, 1.54) is 16.0 Å². The summed E-state index contributed by atoms with van der Waals surface area (Å²) in [6, 6.07) is 61.7. The van der Waals surface area contributed by atoms with Gasteiger partial charge in [-0.2, -0.15) is 0 Å². The van der Waals surface area contributed by atoms with Gasteiger partial charge in [0.05, 0.1) is 33.5 Å². The van der Waals surface area contributed by atoms with Crippen LogP contribution < -0.4 is 4.90 Å². The van der Waals surface area contributed by atoms with Crippen molar-refractivity contribution >= 4 is 39.3 Å². The molecule has 8 aromatic carbocycles. The molecule has 0 N–H and O–H groups in total. The summed E-state index contributed by atoms with van der Waals surface area (Å²) >= 11 is 0. The number of benzene rings is 8. The molecule has 0 atom stereocenters. The van der Waals surface area contributed by atoms with Gasteiger partial charge in [0.1, 0.15) is 0 Å². The fourth-order valence-corrected chi connectivity index (χ4v) is 8.47. The highest BCUT2D eigenvalue weighted by molar-refractivity contribution is 6.36. The summed E-state index contributed by atoms with van der Waals surface area (Å²) in [5, 5.41) is 2.14. The second-order valence-electron chi connectivity index (χ2n) is 14.5. The largest absolute Gasteiger partial charge is 0.308 e. The molecule has 10 rings (SSSR count). The lowest BCUT2D eigenvalue weighted by Crippen LogP contribution is -2.30. The lowest BCUT2D eigenvalue weighted by molar-refractivity contribution is 0.0926. The minimum atomic E-state index is -0.344. The van der Waals surface area contributed by atoms with E-state index in [9.17, 15) is 4.79 Å². The Morgan fingerprint density at radius 1 is 0.357 bits per heavy atom. The fourth-order valence-electron chi connectivity index (χ4n) is 8.47. The zero-order valence-corrected chi connectivity index (χ0v) is 31.0. The molecule has 266 valence electrons. The van der Waals surface area contributed by atoms with Gasteiger partial charge in [-0.3, -0.25) is 9.59 Å². The quantitative estimate of drug-likeness (QED) is 0.161. The van der Waals surface area contributed by atoms with Gasteiger partial charge in [-0.05, 0) is 94.3 Å². The Morgan fingerprint density at radius 3 is 1.46 bits per heavy atom. The number of hydrogen-bond acceptors (Lipinski definition) is 2. The highest BCUT2D eigenvalue weighted by atomic mass is 16.2. The van der Waals surface area contributed by atoms with Crippen molar-refractivity contribution in [3.63, 3.8) is 0 Å². The van der Waals surface area contributed by atoms with E-state index in [4.69, 9.17) is 0 Å². The van der Waals surface area contributed by atoms with Gasteiger partial charge in [-0.1, -0.05) is 152 Å². The van der Waals surface area contributed by atoms with Crippen LogP contribution >= 0.6 is 0 Å². The second kappa shape index (κ2) is 13.2. The third-order valence-electron chi connectivity index (χ3n) is 11.2. The zero-order valence-electron chi connectivity index (χ0n) is 31.0. The number of carbonyl (C=O) groups is 2. The monoisotopic (exact) mass is 720 g/mol. The third kappa shape index (κ3) is 5.30. The first-order valence-corrected chi connectivity index (χ1v) is 18.9. The number of imide groups is 1. The number of amides is 2. The molecule has 0 radical (unpaired) electrons. The SMILES string of the molecule is Cc1ccccc1-c1ccc2c3ccc(-c4ccccc4C)cc3n(-c3cccc4c3C(=O)N(c3cc(-c5ccccc5)ccc3-c3ccccc3)C4=O)c2c1. The lowest BCUT2D eigenvalue weighted by Gasteiger charge is -2.20. The van der Waals surface area contributed by atoms with E-state index < -0.39 is 0 Å². The normalized spacial score (nSPS) is 12.5. The van der Waals surface area contributed by atoms with E-state index in [-0.39, 0.29) is 11.8 Å².